The van der Waals surface area contributed by atoms with Gasteiger partial charge >= 0.3 is 7.82 Å². The van der Waals surface area contributed by atoms with Crippen LogP contribution in [0, 0.1) is 0 Å². The van der Waals surface area contributed by atoms with Crippen molar-refractivity contribution in [2.45, 2.75) is 141 Å². The van der Waals surface area contributed by atoms with Crippen LogP contribution in [-0.2, 0) is 18.4 Å². The number of unbranched alkanes of at least 4 members (excludes halogenated alkanes) is 9. The Hall–Kier alpha value is -2.14. The number of aliphatic hydroxyl groups excluding tert-OH is 3. The highest BCUT2D eigenvalue weighted by Gasteiger charge is 2.27. The number of quaternary nitrogens is 1. The summed E-state index contributed by atoms with van der Waals surface area (Å²) in [5, 5.41) is 33.9. The summed E-state index contributed by atoms with van der Waals surface area (Å²) >= 11 is 0. The van der Waals surface area contributed by atoms with Crippen LogP contribution in [0.4, 0.5) is 0 Å². The Morgan fingerprint density at radius 3 is 1.96 bits per heavy atom. The number of carbonyl (C=O) groups is 1. The van der Waals surface area contributed by atoms with Crippen LogP contribution in [0.15, 0.2) is 72.9 Å². The van der Waals surface area contributed by atoms with Gasteiger partial charge in [0.2, 0.25) is 5.91 Å². The van der Waals surface area contributed by atoms with Gasteiger partial charge in [0.15, 0.2) is 0 Å². The van der Waals surface area contributed by atoms with E-state index in [-0.39, 0.29) is 18.9 Å². The van der Waals surface area contributed by atoms with Crippen LogP contribution < -0.4 is 5.32 Å². The predicted molar refractivity (Wildman–Crippen MR) is 215 cm³/mol. The lowest BCUT2D eigenvalue weighted by molar-refractivity contribution is -0.870. The maximum absolute atomic E-state index is 12.8. The molecule has 0 aliphatic heterocycles. The third-order valence-electron chi connectivity index (χ3n) is 8.09. The largest absolute Gasteiger partial charge is 0.472 e. The number of amides is 1. The number of allylic oxidation sites excluding steroid dienone is 8. The third kappa shape index (κ3) is 33.7. The van der Waals surface area contributed by atoms with E-state index in [4.69, 9.17) is 9.05 Å². The van der Waals surface area contributed by atoms with E-state index in [0.29, 0.717) is 36.7 Å². The maximum atomic E-state index is 12.8. The molecule has 0 saturated carbocycles. The smallest absolute Gasteiger partial charge is 0.389 e. The van der Waals surface area contributed by atoms with E-state index >= 15 is 0 Å². The van der Waals surface area contributed by atoms with E-state index < -0.39 is 38.8 Å². The molecule has 0 aromatic carbocycles. The molecule has 52 heavy (non-hydrogen) atoms. The number of phosphoric acid groups is 1. The highest BCUT2D eigenvalue weighted by molar-refractivity contribution is 7.47. The molecule has 1 amide bonds. The molecule has 0 fully saturated rings. The van der Waals surface area contributed by atoms with Gasteiger partial charge in [-0.25, -0.2) is 4.57 Å². The Morgan fingerprint density at radius 2 is 1.29 bits per heavy atom. The molecule has 1 unspecified atom stereocenters. The molecular formula is C41H74N2O8P+. The lowest BCUT2D eigenvalue weighted by Gasteiger charge is -2.25. The van der Waals surface area contributed by atoms with Gasteiger partial charge in [-0.05, 0) is 57.8 Å². The summed E-state index contributed by atoms with van der Waals surface area (Å²) in [6.07, 6.45) is 34.6. The fourth-order valence-corrected chi connectivity index (χ4v) is 5.57. The predicted octanol–water partition coefficient (Wildman–Crippen LogP) is 8.01. The quantitative estimate of drug-likeness (QED) is 0.0149. The molecule has 0 rings (SSSR count). The van der Waals surface area contributed by atoms with Crippen LogP contribution in [0.1, 0.15) is 117 Å². The first-order valence-corrected chi connectivity index (χ1v) is 21.0. The van der Waals surface area contributed by atoms with Gasteiger partial charge in [-0.2, -0.15) is 0 Å². The van der Waals surface area contributed by atoms with Gasteiger partial charge in [0.05, 0.1) is 52.1 Å². The van der Waals surface area contributed by atoms with Crippen molar-refractivity contribution < 1.29 is 43.1 Å². The average molecular weight is 754 g/mol. The molecule has 0 radical (unpaired) electrons. The number of aliphatic hydroxyl groups is 3. The zero-order valence-corrected chi connectivity index (χ0v) is 33.9. The number of nitrogens with one attached hydrogen (secondary N) is 1. The molecule has 0 heterocycles. The van der Waals surface area contributed by atoms with Crippen LogP contribution in [-0.4, -0.2) is 95.9 Å². The van der Waals surface area contributed by atoms with Gasteiger partial charge in [0.1, 0.15) is 13.2 Å². The number of phosphoric ester groups is 1. The summed E-state index contributed by atoms with van der Waals surface area (Å²) < 4.78 is 23.3. The Labute approximate surface area is 316 Å². The summed E-state index contributed by atoms with van der Waals surface area (Å²) in [5.41, 5.74) is 0. The zero-order chi connectivity index (χ0) is 38.9. The van der Waals surface area contributed by atoms with E-state index in [1.807, 2.05) is 33.3 Å². The summed E-state index contributed by atoms with van der Waals surface area (Å²) in [7, 11) is 1.38. The molecule has 5 atom stereocenters. The topological polar surface area (TPSA) is 146 Å². The molecule has 0 aliphatic carbocycles. The average Bonchev–Trinajstić information content (AvgIpc) is 3.07. The van der Waals surface area contributed by atoms with Crippen molar-refractivity contribution in [3.8, 4) is 0 Å². The summed E-state index contributed by atoms with van der Waals surface area (Å²) in [6.45, 7) is 4.46. The molecule has 5 N–H and O–H groups in total. The Bertz CT molecular complexity index is 1110. The number of nitrogens with zero attached hydrogens (tertiary/aromatic N) is 1. The second-order valence-corrected chi connectivity index (χ2v) is 15.8. The first kappa shape index (κ1) is 49.9. The number of hydrogen-bond acceptors (Lipinski definition) is 7. The SMILES string of the molecule is CCCCC/C=C\C[C@H](O)/C=C/C=C/C=C\[C@H](O)CCCC(=O)N[C@@H](COP(=O)(O)OCC[N+](C)(C)C)[C@H](O)/C=C/CC/C=C\CCCCCCC. The zero-order valence-electron chi connectivity index (χ0n) is 33.0. The molecular weight excluding hydrogens is 679 g/mol. The Morgan fingerprint density at radius 1 is 0.712 bits per heavy atom. The normalized spacial score (nSPS) is 16.6. The minimum absolute atomic E-state index is 0.00648. The number of rotatable bonds is 33. The van der Waals surface area contributed by atoms with Crippen molar-refractivity contribution in [3.63, 3.8) is 0 Å². The molecule has 0 bridgehead atoms. The van der Waals surface area contributed by atoms with Crippen LogP contribution in [0.5, 0.6) is 0 Å². The summed E-state index contributed by atoms with van der Waals surface area (Å²) in [6, 6.07) is -0.978. The van der Waals surface area contributed by atoms with Gasteiger partial charge < -0.3 is 30.0 Å². The number of likely N-dealkylation sites (N-methyl/N-ethyl adjacent to an activating group) is 1. The molecule has 0 aliphatic rings. The number of carbonyl (C=O) groups excluding carboxylic acids is 1. The van der Waals surface area contributed by atoms with Gasteiger partial charge in [-0.15, -0.1) is 0 Å². The molecule has 0 aromatic heterocycles. The molecule has 300 valence electrons. The second-order valence-electron chi connectivity index (χ2n) is 14.3. The van der Waals surface area contributed by atoms with Crippen molar-refractivity contribution >= 4 is 13.7 Å². The lowest BCUT2D eigenvalue weighted by atomic mass is 10.1. The minimum atomic E-state index is -4.41. The van der Waals surface area contributed by atoms with E-state index in [2.05, 4.69) is 37.4 Å². The van der Waals surface area contributed by atoms with Crippen LogP contribution in [0.25, 0.3) is 0 Å². The van der Waals surface area contributed by atoms with Crippen molar-refractivity contribution in [2.24, 2.45) is 0 Å². The van der Waals surface area contributed by atoms with E-state index in [1.165, 1.54) is 51.4 Å². The van der Waals surface area contributed by atoms with Gasteiger partial charge in [0.25, 0.3) is 0 Å². The first-order chi connectivity index (χ1) is 24.8. The molecule has 10 nitrogen and oxygen atoms in total. The van der Waals surface area contributed by atoms with Crippen molar-refractivity contribution in [1.29, 1.82) is 0 Å². The highest BCUT2D eigenvalue weighted by atomic mass is 31.2. The standard InChI is InChI=1S/C41H73N2O8P/c1-6-8-10-12-14-15-16-17-18-20-26-32-40(46)39(36-51-52(48,49)50-35-34-43(3,4)5)42-41(47)33-27-31-38(45)30-25-22-21-24-29-37(44)28-23-19-13-11-9-7-2/h16-17,19,21-26,29-30,32,37-40,44-46H,6-15,18,20,27-28,31,33-36H2,1-5H3,(H-,42,47,48,49)/p+1/b17-16-,22-21+,23-19-,29-24+,30-25-,32-26+/t37-,38-,39-,40+/m0/s1. The monoisotopic (exact) mass is 754 g/mol. The number of hydrogen-bond donors (Lipinski definition) is 5. The van der Waals surface area contributed by atoms with E-state index in [9.17, 15) is 29.6 Å². The first-order valence-electron chi connectivity index (χ1n) is 19.5. The summed E-state index contributed by atoms with van der Waals surface area (Å²) in [4.78, 5) is 23.0. The van der Waals surface area contributed by atoms with E-state index in [0.717, 1.165) is 19.3 Å². The minimum Gasteiger partial charge on any atom is -0.389 e. The molecule has 11 heteroatoms. The molecule has 0 aromatic rings. The van der Waals surface area contributed by atoms with Crippen molar-refractivity contribution in [3.05, 3.63) is 72.9 Å². The lowest BCUT2D eigenvalue weighted by Crippen LogP contribution is -2.45. The van der Waals surface area contributed by atoms with Crippen LogP contribution in [0.2, 0.25) is 0 Å². The van der Waals surface area contributed by atoms with Crippen molar-refractivity contribution in [2.75, 3.05) is 40.9 Å². The van der Waals surface area contributed by atoms with Gasteiger partial charge in [-0.1, -0.05) is 125 Å². The summed E-state index contributed by atoms with van der Waals surface area (Å²) in [5.74, 6) is -0.378. The molecule has 0 spiro atoms. The third-order valence-corrected chi connectivity index (χ3v) is 9.07. The van der Waals surface area contributed by atoms with Crippen LogP contribution in [0.3, 0.4) is 0 Å². The van der Waals surface area contributed by atoms with Gasteiger partial charge in [-0.3, -0.25) is 13.8 Å². The fourth-order valence-electron chi connectivity index (χ4n) is 4.84. The Kier molecular flexibility index (Phi) is 31.0. The second kappa shape index (κ2) is 32.3. The molecule has 0 saturated heterocycles. The van der Waals surface area contributed by atoms with Crippen molar-refractivity contribution in [1.82, 2.24) is 5.32 Å². The maximum Gasteiger partial charge on any atom is 0.472 e. The van der Waals surface area contributed by atoms with Crippen LogP contribution >= 0.6 is 7.82 Å². The van der Waals surface area contributed by atoms with E-state index in [1.54, 1.807) is 42.5 Å². The Balaban J connectivity index is 4.86. The highest BCUT2D eigenvalue weighted by Crippen LogP contribution is 2.43. The van der Waals surface area contributed by atoms with Gasteiger partial charge in [0, 0.05) is 6.42 Å². The fraction of sp³-hybridized carbons (Fsp3) is 0.683.